The zero-order valence-corrected chi connectivity index (χ0v) is 12.5. The van der Waals surface area contributed by atoms with Gasteiger partial charge in [-0.15, -0.1) is 0 Å². The molecule has 1 nitrogen and oxygen atoms in total. The molecule has 3 aromatic carbocycles. The molecule has 0 saturated heterocycles. The van der Waals surface area contributed by atoms with Gasteiger partial charge in [-0.25, -0.2) is 0 Å². The van der Waals surface area contributed by atoms with Gasteiger partial charge in [-0.05, 0) is 28.8 Å². The molecule has 3 aromatic rings. The fraction of sp³-hybridized carbons (Fsp3) is 0.100. The second kappa shape index (κ2) is 4.95. The summed E-state index contributed by atoms with van der Waals surface area (Å²) in [5.74, 6) is 0. The molecule has 1 N–H and O–H groups in total. The van der Waals surface area contributed by atoms with Crippen LogP contribution in [0.2, 0.25) is 0 Å². The van der Waals surface area contributed by atoms with Crippen molar-refractivity contribution in [1.82, 2.24) is 0 Å². The van der Waals surface area contributed by atoms with Gasteiger partial charge in [0, 0.05) is 11.1 Å². The molecule has 0 spiro atoms. The number of hydrogen-bond donors (Lipinski definition) is 1. The number of fused-ring (bicyclic) bond motifs is 3. The quantitative estimate of drug-likeness (QED) is 0.669. The fourth-order valence-corrected chi connectivity index (χ4v) is 3.42. The molecule has 0 atom stereocenters. The van der Waals surface area contributed by atoms with E-state index in [1.54, 1.807) is 0 Å². The predicted molar refractivity (Wildman–Crippen MR) is 85.4 cm³/mol. The van der Waals surface area contributed by atoms with Crippen LogP contribution in [0.3, 0.4) is 0 Å². The summed E-state index contributed by atoms with van der Waals surface area (Å²) in [6, 6.07) is 19.6. The maximum atomic E-state index is 12.8. The van der Waals surface area contributed by atoms with Gasteiger partial charge in [0.05, 0.1) is 5.56 Å². The fourth-order valence-electron chi connectivity index (χ4n) is 3.42. The van der Waals surface area contributed by atoms with E-state index < -0.39 is 17.3 Å². The Labute approximate surface area is 137 Å². The number of halogens is 3. The normalized spacial score (nSPS) is 15.0. The topological polar surface area (TPSA) is 20.2 Å². The molecule has 0 unspecified atom stereocenters. The molecule has 24 heavy (non-hydrogen) atoms. The van der Waals surface area contributed by atoms with Crippen LogP contribution < -0.4 is 0 Å². The van der Waals surface area contributed by atoms with Crippen molar-refractivity contribution in [2.45, 2.75) is 11.8 Å². The molecule has 1 aliphatic rings. The van der Waals surface area contributed by atoms with Gasteiger partial charge >= 0.3 is 6.18 Å². The summed E-state index contributed by atoms with van der Waals surface area (Å²) in [7, 11) is 0. The zero-order valence-electron chi connectivity index (χ0n) is 12.5. The molecule has 0 aromatic heterocycles. The molecule has 0 radical (unpaired) electrons. The van der Waals surface area contributed by atoms with Crippen molar-refractivity contribution in [2.75, 3.05) is 0 Å². The Balaban J connectivity index is 1.94. The van der Waals surface area contributed by atoms with E-state index in [2.05, 4.69) is 0 Å². The lowest BCUT2D eigenvalue weighted by molar-refractivity contribution is -0.137. The minimum Gasteiger partial charge on any atom is -0.376 e. The van der Waals surface area contributed by atoms with Gasteiger partial charge in [0.2, 0.25) is 0 Å². The van der Waals surface area contributed by atoms with Gasteiger partial charge in [0.15, 0.2) is 0 Å². The van der Waals surface area contributed by atoms with E-state index in [1.807, 2.05) is 48.5 Å². The highest BCUT2D eigenvalue weighted by Crippen LogP contribution is 2.50. The smallest absolute Gasteiger partial charge is 0.376 e. The van der Waals surface area contributed by atoms with Crippen LogP contribution in [0.25, 0.3) is 11.1 Å². The lowest BCUT2D eigenvalue weighted by atomic mass is 9.84. The zero-order chi connectivity index (χ0) is 16.9. The number of aliphatic hydroxyl groups is 1. The van der Waals surface area contributed by atoms with Crippen LogP contribution in [-0.4, -0.2) is 5.11 Å². The highest BCUT2D eigenvalue weighted by atomic mass is 19.4. The number of alkyl halides is 3. The van der Waals surface area contributed by atoms with E-state index in [0.29, 0.717) is 16.7 Å². The van der Waals surface area contributed by atoms with E-state index in [4.69, 9.17) is 0 Å². The third kappa shape index (κ3) is 2.00. The Bertz CT molecular complexity index is 865. The van der Waals surface area contributed by atoms with Crippen molar-refractivity contribution >= 4 is 0 Å². The SMILES string of the molecule is OC1(c2ccc(C(F)(F)F)cc2)c2ccccc2-c2ccccc21. The molecule has 0 bridgehead atoms. The van der Waals surface area contributed by atoms with Crippen LogP contribution in [0.1, 0.15) is 22.3 Å². The Morgan fingerprint density at radius 2 is 1.12 bits per heavy atom. The van der Waals surface area contributed by atoms with Gasteiger partial charge in [-0.1, -0.05) is 60.7 Å². The monoisotopic (exact) mass is 326 g/mol. The second-order valence-electron chi connectivity index (χ2n) is 5.88. The first-order valence-corrected chi connectivity index (χ1v) is 7.52. The summed E-state index contributed by atoms with van der Waals surface area (Å²) in [5.41, 5.74) is 1.42. The number of benzene rings is 3. The van der Waals surface area contributed by atoms with Crippen LogP contribution in [0.4, 0.5) is 13.2 Å². The molecule has 0 aliphatic heterocycles. The van der Waals surface area contributed by atoms with Gasteiger partial charge < -0.3 is 5.11 Å². The standard InChI is InChI=1S/C20H13F3O/c21-20(22,23)14-11-9-13(10-12-14)19(24)17-7-3-1-5-15(17)16-6-2-4-8-18(16)19/h1-12,24H. The van der Waals surface area contributed by atoms with E-state index in [0.717, 1.165) is 23.3 Å². The molecular formula is C20H13F3O. The molecule has 0 fully saturated rings. The van der Waals surface area contributed by atoms with Crippen LogP contribution in [0.15, 0.2) is 72.8 Å². The highest BCUT2D eigenvalue weighted by molar-refractivity contribution is 5.82. The number of hydrogen-bond acceptors (Lipinski definition) is 1. The van der Waals surface area contributed by atoms with E-state index >= 15 is 0 Å². The highest BCUT2D eigenvalue weighted by Gasteiger charge is 2.43. The van der Waals surface area contributed by atoms with Crippen molar-refractivity contribution < 1.29 is 18.3 Å². The summed E-state index contributed by atoms with van der Waals surface area (Å²) in [5, 5.41) is 11.5. The van der Waals surface area contributed by atoms with Gasteiger partial charge in [-0.3, -0.25) is 0 Å². The minimum absolute atomic E-state index is 0.424. The Kier molecular flexibility index (Phi) is 3.09. The van der Waals surface area contributed by atoms with Gasteiger partial charge in [-0.2, -0.15) is 13.2 Å². The Hall–Kier alpha value is -2.59. The molecule has 120 valence electrons. The number of rotatable bonds is 1. The Morgan fingerprint density at radius 3 is 1.58 bits per heavy atom. The van der Waals surface area contributed by atoms with Crippen molar-refractivity contribution in [1.29, 1.82) is 0 Å². The molecule has 0 amide bonds. The van der Waals surface area contributed by atoms with Gasteiger partial charge in [0.1, 0.15) is 5.60 Å². The molecule has 4 heteroatoms. The summed E-state index contributed by atoms with van der Waals surface area (Å²) in [6.07, 6.45) is -4.40. The van der Waals surface area contributed by atoms with Crippen LogP contribution >= 0.6 is 0 Å². The molecular weight excluding hydrogens is 313 g/mol. The van der Waals surface area contributed by atoms with Crippen molar-refractivity contribution in [2.24, 2.45) is 0 Å². The van der Waals surface area contributed by atoms with Crippen LogP contribution in [-0.2, 0) is 11.8 Å². The van der Waals surface area contributed by atoms with Crippen molar-refractivity contribution in [3.63, 3.8) is 0 Å². The average Bonchev–Trinajstić information content (AvgIpc) is 2.86. The predicted octanol–water partition coefficient (Wildman–Crippen LogP) is 4.97. The third-order valence-corrected chi connectivity index (χ3v) is 4.55. The summed E-state index contributed by atoms with van der Waals surface area (Å²) < 4.78 is 38.4. The van der Waals surface area contributed by atoms with E-state index in [1.165, 1.54) is 12.1 Å². The van der Waals surface area contributed by atoms with Gasteiger partial charge in [0.25, 0.3) is 0 Å². The van der Waals surface area contributed by atoms with Crippen LogP contribution in [0, 0.1) is 0 Å². The molecule has 4 rings (SSSR count). The first-order valence-electron chi connectivity index (χ1n) is 7.52. The minimum atomic E-state index is -4.40. The Morgan fingerprint density at radius 1 is 0.667 bits per heavy atom. The first kappa shape index (κ1) is 15.0. The summed E-state index contributed by atoms with van der Waals surface area (Å²) in [4.78, 5) is 0. The largest absolute Gasteiger partial charge is 0.416 e. The average molecular weight is 326 g/mol. The van der Waals surface area contributed by atoms with E-state index in [-0.39, 0.29) is 0 Å². The molecule has 0 heterocycles. The van der Waals surface area contributed by atoms with Crippen molar-refractivity contribution in [3.8, 4) is 11.1 Å². The third-order valence-electron chi connectivity index (χ3n) is 4.55. The summed E-state index contributed by atoms with van der Waals surface area (Å²) in [6.45, 7) is 0. The molecule has 0 saturated carbocycles. The maximum Gasteiger partial charge on any atom is 0.416 e. The second-order valence-corrected chi connectivity index (χ2v) is 5.88. The van der Waals surface area contributed by atoms with Crippen molar-refractivity contribution in [3.05, 3.63) is 95.1 Å². The first-order chi connectivity index (χ1) is 11.4. The molecule has 1 aliphatic carbocycles. The van der Waals surface area contributed by atoms with Crippen LogP contribution in [0.5, 0.6) is 0 Å². The van der Waals surface area contributed by atoms with E-state index in [9.17, 15) is 18.3 Å². The lowest BCUT2D eigenvalue weighted by Gasteiger charge is -2.26. The maximum absolute atomic E-state index is 12.8. The lowest BCUT2D eigenvalue weighted by Crippen LogP contribution is -2.26. The summed E-state index contributed by atoms with van der Waals surface area (Å²) >= 11 is 0.